The Morgan fingerprint density at radius 1 is 1.29 bits per heavy atom. The van der Waals surface area contributed by atoms with E-state index in [1.165, 1.54) is 13.2 Å². The second-order valence-corrected chi connectivity index (χ2v) is 7.84. The summed E-state index contributed by atoms with van der Waals surface area (Å²) in [5.74, 6) is -2.42. The molecule has 0 spiro atoms. The summed E-state index contributed by atoms with van der Waals surface area (Å²) in [6, 6.07) is 2.46. The number of ether oxygens (including phenoxy) is 2. The predicted molar refractivity (Wildman–Crippen MR) is 107 cm³/mol. The zero-order chi connectivity index (χ0) is 20.9. The molecule has 28 heavy (non-hydrogen) atoms. The first-order valence-electron chi connectivity index (χ1n) is 9.67. The number of benzene rings is 1. The average molecular weight is 411 g/mol. The molecule has 1 aliphatic rings. The summed E-state index contributed by atoms with van der Waals surface area (Å²) < 4.78 is 25.2. The van der Waals surface area contributed by atoms with Crippen LogP contribution in [0, 0.1) is 23.1 Å². The van der Waals surface area contributed by atoms with Gasteiger partial charge >= 0.3 is 5.97 Å². The summed E-state index contributed by atoms with van der Waals surface area (Å²) in [5, 5.41) is 0.179. The number of hydrogen-bond acceptors (Lipinski definition) is 4. The fraction of sp³-hybridized carbons (Fsp3) is 0.545. The molecule has 1 fully saturated rings. The van der Waals surface area contributed by atoms with Gasteiger partial charge in [-0.3, -0.25) is 9.59 Å². The molecule has 154 valence electrons. The van der Waals surface area contributed by atoms with E-state index in [1.54, 1.807) is 0 Å². The smallest absolute Gasteiger partial charge is 0.309 e. The highest BCUT2D eigenvalue weighted by atomic mass is 35.5. The van der Waals surface area contributed by atoms with Crippen molar-refractivity contribution < 1.29 is 23.5 Å². The molecular formula is C22H28ClFO4. The van der Waals surface area contributed by atoms with E-state index in [0.29, 0.717) is 19.4 Å². The van der Waals surface area contributed by atoms with Gasteiger partial charge in [0.15, 0.2) is 5.78 Å². The number of Topliss-reactive ketones (excluding diaryl/α,β-unsaturated/α-hetero) is 1. The van der Waals surface area contributed by atoms with Crippen LogP contribution < -0.4 is 4.74 Å². The van der Waals surface area contributed by atoms with Gasteiger partial charge in [-0.2, -0.15) is 0 Å². The summed E-state index contributed by atoms with van der Waals surface area (Å²) in [7, 11) is 1.28. The lowest BCUT2D eigenvalue weighted by Crippen LogP contribution is -2.39. The first-order valence-corrected chi connectivity index (χ1v) is 10.0. The Kier molecular flexibility index (Phi) is 7.64. The van der Waals surface area contributed by atoms with Crippen LogP contribution >= 0.6 is 11.6 Å². The third-order valence-electron chi connectivity index (χ3n) is 6.01. The van der Waals surface area contributed by atoms with E-state index in [-0.39, 0.29) is 21.8 Å². The Bertz CT molecular complexity index is 742. The molecule has 0 aliphatic heterocycles. The van der Waals surface area contributed by atoms with Crippen molar-refractivity contribution in [1.29, 1.82) is 0 Å². The molecule has 0 saturated heterocycles. The highest BCUT2D eigenvalue weighted by molar-refractivity contribution is 6.32. The minimum Gasteiger partial charge on any atom is -0.491 e. The van der Waals surface area contributed by atoms with Crippen LogP contribution in [0.5, 0.6) is 5.75 Å². The molecule has 2 atom stereocenters. The molecule has 4 nitrogen and oxygen atoms in total. The lowest BCUT2D eigenvalue weighted by atomic mass is 9.70. The first-order chi connectivity index (χ1) is 13.3. The van der Waals surface area contributed by atoms with Gasteiger partial charge < -0.3 is 9.47 Å². The Morgan fingerprint density at radius 3 is 2.43 bits per heavy atom. The van der Waals surface area contributed by atoms with Crippen LogP contribution in [0.15, 0.2) is 24.8 Å². The molecule has 0 radical (unpaired) electrons. The number of hydrogen-bond donors (Lipinski definition) is 0. The molecule has 0 N–H and O–H groups in total. The molecule has 1 aromatic carbocycles. The van der Waals surface area contributed by atoms with Gasteiger partial charge in [0.2, 0.25) is 0 Å². The molecule has 6 heteroatoms. The largest absolute Gasteiger partial charge is 0.491 e. The Labute approximate surface area is 171 Å². The lowest BCUT2D eigenvalue weighted by molar-refractivity contribution is -0.150. The number of esters is 1. The highest BCUT2D eigenvalue weighted by Gasteiger charge is 2.43. The van der Waals surface area contributed by atoms with Crippen molar-refractivity contribution in [2.45, 2.75) is 46.0 Å². The number of carbonyl (C=O) groups excluding carboxylic acids is 2. The topological polar surface area (TPSA) is 52.6 Å². The quantitative estimate of drug-likeness (QED) is 0.285. The summed E-state index contributed by atoms with van der Waals surface area (Å²) in [6.45, 7) is 8.34. The van der Waals surface area contributed by atoms with Crippen LogP contribution in [0.3, 0.4) is 0 Å². The van der Waals surface area contributed by atoms with Crippen LogP contribution in [-0.2, 0) is 9.53 Å². The van der Waals surface area contributed by atoms with E-state index in [9.17, 15) is 14.0 Å². The maximum atomic E-state index is 14.7. The molecule has 1 aliphatic carbocycles. The van der Waals surface area contributed by atoms with Crippen LogP contribution in [0.4, 0.5) is 4.39 Å². The van der Waals surface area contributed by atoms with Gasteiger partial charge in [-0.1, -0.05) is 31.5 Å². The summed E-state index contributed by atoms with van der Waals surface area (Å²) in [4.78, 5) is 24.4. The third kappa shape index (κ3) is 4.57. The van der Waals surface area contributed by atoms with Crippen molar-refractivity contribution in [1.82, 2.24) is 0 Å². The van der Waals surface area contributed by atoms with Crippen LogP contribution in [0.1, 0.15) is 56.3 Å². The van der Waals surface area contributed by atoms with Gasteiger partial charge in [-0.05, 0) is 38.2 Å². The van der Waals surface area contributed by atoms with Crippen molar-refractivity contribution >= 4 is 23.4 Å². The fourth-order valence-corrected chi connectivity index (χ4v) is 3.83. The Balaban J connectivity index is 2.17. The van der Waals surface area contributed by atoms with Gasteiger partial charge in [0, 0.05) is 17.4 Å². The van der Waals surface area contributed by atoms with Gasteiger partial charge in [0.25, 0.3) is 0 Å². The molecule has 0 aromatic heterocycles. The van der Waals surface area contributed by atoms with Crippen LogP contribution in [-0.4, -0.2) is 25.5 Å². The predicted octanol–water partition coefficient (Wildman–Crippen LogP) is 5.62. The van der Waals surface area contributed by atoms with Crippen molar-refractivity contribution in [3.63, 3.8) is 0 Å². The SMILES string of the molecule is C=CCC(CC)(CC)COc1cc(F)c(C(=O)C2CCC2C(=O)OC)cc1Cl. The minimum atomic E-state index is -0.692. The average Bonchev–Trinajstić information content (AvgIpc) is 2.66. The van der Waals surface area contributed by atoms with Crippen molar-refractivity contribution in [2.24, 2.45) is 17.3 Å². The molecule has 1 aromatic rings. The van der Waals surface area contributed by atoms with Gasteiger partial charge in [-0.15, -0.1) is 6.58 Å². The maximum Gasteiger partial charge on any atom is 0.309 e. The Morgan fingerprint density at radius 2 is 1.93 bits per heavy atom. The molecular weight excluding hydrogens is 383 g/mol. The van der Waals surface area contributed by atoms with E-state index >= 15 is 0 Å². The second-order valence-electron chi connectivity index (χ2n) is 7.43. The third-order valence-corrected chi connectivity index (χ3v) is 6.31. The van der Waals surface area contributed by atoms with E-state index in [2.05, 4.69) is 20.4 Å². The van der Waals surface area contributed by atoms with E-state index < -0.39 is 29.4 Å². The zero-order valence-corrected chi connectivity index (χ0v) is 17.5. The molecule has 1 saturated carbocycles. The monoisotopic (exact) mass is 410 g/mol. The van der Waals surface area contributed by atoms with Gasteiger partial charge in [0.1, 0.15) is 11.6 Å². The van der Waals surface area contributed by atoms with Gasteiger partial charge in [0.05, 0.1) is 30.2 Å². The normalized spacial score (nSPS) is 18.9. The second kappa shape index (κ2) is 9.55. The van der Waals surface area contributed by atoms with Crippen LogP contribution in [0.25, 0.3) is 0 Å². The number of rotatable bonds is 10. The van der Waals surface area contributed by atoms with E-state index in [1.807, 2.05) is 6.08 Å². The molecule has 0 bridgehead atoms. The minimum absolute atomic E-state index is 0.0876. The highest BCUT2D eigenvalue weighted by Crippen LogP contribution is 2.40. The van der Waals surface area contributed by atoms with Crippen LogP contribution in [0.2, 0.25) is 5.02 Å². The first kappa shape index (κ1) is 22.4. The summed E-state index contributed by atoms with van der Waals surface area (Å²) in [5.41, 5.74) is -0.199. The fourth-order valence-electron chi connectivity index (χ4n) is 3.61. The van der Waals surface area contributed by atoms with Crippen molar-refractivity contribution in [3.05, 3.63) is 41.2 Å². The maximum absolute atomic E-state index is 14.7. The number of ketones is 1. The number of allylic oxidation sites excluding steroid dienone is 1. The Hall–Kier alpha value is -1.88. The molecule has 0 amide bonds. The lowest BCUT2D eigenvalue weighted by Gasteiger charge is -2.33. The van der Waals surface area contributed by atoms with Gasteiger partial charge in [-0.25, -0.2) is 4.39 Å². The number of carbonyl (C=O) groups is 2. The molecule has 2 rings (SSSR count). The molecule has 2 unspecified atom stereocenters. The van der Waals surface area contributed by atoms with E-state index in [4.69, 9.17) is 21.1 Å². The van der Waals surface area contributed by atoms with Crippen molar-refractivity contribution in [3.8, 4) is 5.75 Å². The zero-order valence-electron chi connectivity index (χ0n) is 16.7. The van der Waals surface area contributed by atoms with Crippen molar-refractivity contribution in [2.75, 3.05) is 13.7 Å². The number of halogens is 2. The standard InChI is InChI=1S/C22H28ClFO4/c1-5-10-22(6-2,7-3)13-28-19-12-18(24)16(11-17(19)23)20(25)14-8-9-15(14)21(26)27-4/h5,11-12,14-15H,1,6-10,13H2,2-4H3. The summed E-state index contributed by atoms with van der Waals surface area (Å²) in [6.07, 6.45) is 5.53. The molecule has 0 heterocycles. The van der Waals surface area contributed by atoms with E-state index in [0.717, 1.165) is 25.3 Å². The summed E-state index contributed by atoms with van der Waals surface area (Å²) >= 11 is 6.27. The number of methoxy groups -OCH3 is 1.